The number of nitro benzene ring substituents is 1. The van der Waals surface area contributed by atoms with Crippen molar-refractivity contribution in [2.24, 2.45) is 0 Å². The summed E-state index contributed by atoms with van der Waals surface area (Å²) in [5.74, 6) is -0.541. The highest BCUT2D eigenvalue weighted by Crippen LogP contribution is 2.34. The second kappa shape index (κ2) is 5.03. The summed E-state index contributed by atoms with van der Waals surface area (Å²) < 4.78 is 4.68. The number of anilines is 1. The number of nitrogens with zero attached hydrogens (tertiary/aromatic N) is 2. The van der Waals surface area contributed by atoms with Gasteiger partial charge in [-0.15, -0.1) is 0 Å². The fraction of sp³-hybridized carbons (Fsp3) is 0.417. The van der Waals surface area contributed by atoms with Gasteiger partial charge >= 0.3 is 5.97 Å². The molecular weight excluding hydrogens is 236 g/mol. The van der Waals surface area contributed by atoms with Crippen LogP contribution in [0.15, 0.2) is 18.2 Å². The molecule has 0 bridgehead atoms. The average Bonchev–Trinajstić information content (AvgIpc) is 2.90. The Labute approximate surface area is 104 Å². The molecule has 1 saturated heterocycles. The number of rotatable bonds is 3. The van der Waals surface area contributed by atoms with E-state index in [1.54, 1.807) is 6.07 Å². The topological polar surface area (TPSA) is 72.7 Å². The zero-order valence-electron chi connectivity index (χ0n) is 10.1. The van der Waals surface area contributed by atoms with Crippen LogP contribution in [0.25, 0.3) is 0 Å². The fourth-order valence-corrected chi connectivity index (χ4v) is 2.23. The van der Waals surface area contributed by atoms with Crippen molar-refractivity contribution >= 4 is 17.3 Å². The first-order valence-electron chi connectivity index (χ1n) is 5.76. The maximum Gasteiger partial charge on any atom is 0.340 e. The van der Waals surface area contributed by atoms with Crippen LogP contribution in [0.2, 0.25) is 0 Å². The van der Waals surface area contributed by atoms with Crippen molar-refractivity contribution in [3.05, 3.63) is 33.9 Å². The SMILES string of the molecule is COC(=O)c1cccc([N+](=O)[O-])c1N1CCCC1. The van der Waals surface area contributed by atoms with Gasteiger partial charge in [-0.25, -0.2) is 4.79 Å². The summed E-state index contributed by atoms with van der Waals surface area (Å²) in [6.07, 6.45) is 1.96. The number of ether oxygens (including phenoxy) is 1. The summed E-state index contributed by atoms with van der Waals surface area (Å²) in [5, 5.41) is 11.1. The van der Waals surface area contributed by atoms with Crippen LogP contribution in [0.3, 0.4) is 0 Å². The number of hydrogen-bond donors (Lipinski definition) is 0. The van der Waals surface area contributed by atoms with Gasteiger partial charge in [0, 0.05) is 19.2 Å². The van der Waals surface area contributed by atoms with Gasteiger partial charge in [-0.05, 0) is 18.9 Å². The Morgan fingerprint density at radius 3 is 2.61 bits per heavy atom. The monoisotopic (exact) mass is 250 g/mol. The summed E-state index contributed by atoms with van der Waals surface area (Å²) in [5.41, 5.74) is 0.597. The Hall–Kier alpha value is -2.11. The highest BCUT2D eigenvalue weighted by molar-refractivity contribution is 5.98. The first-order valence-corrected chi connectivity index (χ1v) is 5.76. The molecule has 0 N–H and O–H groups in total. The summed E-state index contributed by atoms with van der Waals surface area (Å²) in [7, 11) is 1.27. The van der Waals surface area contributed by atoms with Gasteiger partial charge < -0.3 is 9.64 Å². The number of nitro groups is 1. The lowest BCUT2D eigenvalue weighted by atomic mass is 10.1. The number of carbonyl (C=O) groups excluding carboxylic acids is 1. The van der Waals surface area contributed by atoms with E-state index in [9.17, 15) is 14.9 Å². The lowest BCUT2D eigenvalue weighted by Gasteiger charge is -2.19. The highest BCUT2D eigenvalue weighted by Gasteiger charge is 2.28. The van der Waals surface area contributed by atoms with Crippen LogP contribution in [0, 0.1) is 10.1 Å². The van der Waals surface area contributed by atoms with E-state index >= 15 is 0 Å². The Kier molecular flexibility index (Phi) is 3.45. The van der Waals surface area contributed by atoms with Gasteiger partial charge in [0.2, 0.25) is 0 Å². The van der Waals surface area contributed by atoms with Gasteiger partial charge in [-0.2, -0.15) is 0 Å². The number of methoxy groups -OCH3 is 1. The molecule has 18 heavy (non-hydrogen) atoms. The first-order chi connectivity index (χ1) is 8.65. The third-order valence-corrected chi connectivity index (χ3v) is 3.04. The molecule has 0 unspecified atom stereocenters. The molecule has 1 aliphatic rings. The van der Waals surface area contributed by atoms with Gasteiger partial charge in [0.1, 0.15) is 5.69 Å². The smallest absolute Gasteiger partial charge is 0.340 e. The number of para-hydroxylation sites is 1. The van der Waals surface area contributed by atoms with E-state index in [4.69, 9.17) is 0 Å². The Balaban J connectivity index is 2.55. The maximum absolute atomic E-state index is 11.7. The molecule has 6 heteroatoms. The van der Waals surface area contributed by atoms with Crippen LogP contribution in [-0.2, 0) is 4.74 Å². The molecule has 0 radical (unpaired) electrons. The minimum absolute atomic E-state index is 0.0419. The molecule has 1 heterocycles. The predicted octanol–water partition coefficient (Wildman–Crippen LogP) is 1.98. The molecule has 0 amide bonds. The standard InChI is InChI=1S/C12H14N2O4/c1-18-12(15)9-5-4-6-10(14(16)17)11(9)13-7-2-3-8-13/h4-6H,2-3,7-8H2,1H3. The van der Waals surface area contributed by atoms with Crippen LogP contribution in [0.4, 0.5) is 11.4 Å². The van der Waals surface area contributed by atoms with E-state index in [1.807, 2.05) is 4.90 Å². The van der Waals surface area contributed by atoms with Crippen molar-refractivity contribution in [1.82, 2.24) is 0 Å². The van der Waals surface area contributed by atoms with E-state index in [-0.39, 0.29) is 11.3 Å². The van der Waals surface area contributed by atoms with E-state index in [1.165, 1.54) is 19.2 Å². The molecule has 0 saturated carbocycles. The van der Waals surface area contributed by atoms with Gasteiger partial charge in [0.25, 0.3) is 5.69 Å². The summed E-state index contributed by atoms with van der Waals surface area (Å²) in [4.78, 5) is 24.2. The van der Waals surface area contributed by atoms with Gasteiger partial charge in [0.05, 0.1) is 17.6 Å². The molecule has 1 aromatic carbocycles. The first kappa shape index (κ1) is 12.3. The van der Waals surface area contributed by atoms with Crippen molar-refractivity contribution in [1.29, 1.82) is 0 Å². The van der Waals surface area contributed by atoms with Gasteiger partial charge in [-0.1, -0.05) is 6.07 Å². The molecule has 0 spiro atoms. The summed E-state index contributed by atoms with van der Waals surface area (Å²) in [6.45, 7) is 1.46. The second-order valence-electron chi connectivity index (χ2n) is 4.12. The highest BCUT2D eigenvalue weighted by atomic mass is 16.6. The molecule has 0 aromatic heterocycles. The minimum Gasteiger partial charge on any atom is -0.465 e. The molecule has 1 aromatic rings. The molecule has 1 fully saturated rings. The zero-order valence-corrected chi connectivity index (χ0v) is 10.1. The Bertz CT molecular complexity index is 481. The van der Waals surface area contributed by atoms with E-state index in [0.717, 1.165) is 25.9 Å². The van der Waals surface area contributed by atoms with E-state index in [2.05, 4.69) is 4.74 Å². The van der Waals surface area contributed by atoms with Crippen molar-refractivity contribution in [2.45, 2.75) is 12.8 Å². The third-order valence-electron chi connectivity index (χ3n) is 3.04. The molecule has 0 atom stereocenters. The fourth-order valence-electron chi connectivity index (χ4n) is 2.23. The number of esters is 1. The molecule has 96 valence electrons. The van der Waals surface area contributed by atoms with Crippen LogP contribution >= 0.6 is 0 Å². The minimum atomic E-state index is -0.541. The molecule has 1 aliphatic heterocycles. The number of carbonyl (C=O) groups is 1. The van der Waals surface area contributed by atoms with Crippen molar-refractivity contribution in [2.75, 3.05) is 25.1 Å². The van der Waals surface area contributed by atoms with Crippen LogP contribution in [-0.4, -0.2) is 31.1 Å². The summed E-state index contributed by atoms with van der Waals surface area (Å²) in [6, 6.07) is 4.48. The van der Waals surface area contributed by atoms with Crippen molar-refractivity contribution in [3.63, 3.8) is 0 Å². The van der Waals surface area contributed by atoms with Crippen LogP contribution in [0.5, 0.6) is 0 Å². The number of hydrogen-bond acceptors (Lipinski definition) is 5. The molecule has 6 nitrogen and oxygen atoms in total. The maximum atomic E-state index is 11.7. The molecule has 0 aliphatic carbocycles. The van der Waals surface area contributed by atoms with Crippen LogP contribution in [0.1, 0.15) is 23.2 Å². The van der Waals surface area contributed by atoms with Gasteiger partial charge in [-0.3, -0.25) is 10.1 Å². The Morgan fingerprint density at radius 1 is 1.39 bits per heavy atom. The Morgan fingerprint density at radius 2 is 2.06 bits per heavy atom. The number of benzene rings is 1. The summed E-state index contributed by atoms with van der Waals surface area (Å²) >= 11 is 0. The van der Waals surface area contributed by atoms with Crippen molar-refractivity contribution in [3.8, 4) is 0 Å². The van der Waals surface area contributed by atoms with Gasteiger partial charge in [0.15, 0.2) is 0 Å². The molecule has 2 rings (SSSR count). The zero-order chi connectivity index (χ0) is 13.1. The predicted molar refractivity (Wildman–Crippen MR) is 65.9 cm³/mol. The van der Waals surface area contributed by atoms with E-state index in [0.29, 0.717) is 5.69 Å². The largest absolute Gasteiger partial charge is 0.465 e. The average molecular weight is 250 g/mol. The van der Waals surface area contributed by atoms with Crippen molar-refractivity contribution < 1.29 is 14.5 Å². The third kappa shape index (κ3) is 2.13. The lowest BCUT2D eigenvalue weighted by molar-refractivity contribution is -0.384. The second-order valence-corrected chi connectivity index (χ2v) is 4.12. The molecular formula is C12H14N2O4. The normalized spacial score (nSPS) is 14.6. The van der Waals surface area contributed by atoms with Crippen LogP contribution < -0.4 is 4.90 Å². The lowest BCUT2D eigenvalue weighted by Crippen LogP contribution is -2.22. The quantitative estimate of drug-likeness (QED) is 0.466. The van der Waals surface area contributed by atoms with E-state index < -0.39 is 10.9 Å².